The third-order valence-electron chi connectivity index (χ3n) is 16.3. The fourth-order valence-corrected chi connectivity index (χ4v) is 12.3. The zero-order valence-electron chi connectivity index (χ0n) is 47.1. The number of benzene rings is 5. The minimum atomic E-state index is -1.59. The summed E-state index contributed by atoms with van der Waals surface area (Å²) in [5.41, 5.74) is 4.67. The number of nitro groups is 1. The number of non-ortho nitro benzene ring substituents is 1. The standard InChI is InChI=1S/C67H82N4O10/c1-3-5-6-7-8-9-10-11-12-20-40-68-66(75)80-55-37-38-61-59(45-55)64-57(31-19-22-42-73)52(27-18-21-41-72)44-58-60(69-79-48-50-24-14-13-15-25-50)46-62(67(81-61,65(58)64)78-43-4-2)70(47-53-29-23-28-51-26-16-17-30-56(51)53)63(74)39-34-49-32-35-54(36-33-49)71(76)77/h4,13-17,23-26,28-30,32-39,44-45,52,57,62,64-65,72-73H,2-3,5-12,18-22,27,31,40-43,46-48H2,1H3,(H,68,75)/t52-,57+,62-,64+,65+,67+/m0/s1. The number of nitrogens with zero attached hydrogens (tertiary/aromatic N) is 3. The van der Waals surface area contributed by atoms with Crippen LogP contribution in [0.5, 0.6) is 11.5 Å². The molecule has 2 aliphatic carbocycles. The number of nitrogens with one attached hydrogen (secondary N) is 1. The van der Waals surface area contributed by atoms with Crippen LogP contribution in [0.15, 0.2) is 151 Å². The van der Waals surface area contributed by atoms with Crippen LogP contribution in [0.4, 0.5) is 10.5 Å². The molecule has 8 rings (SSSR count). The lowest BCUT2D eigenvalue weighted by Gasteiger charge is -2.60. The molecule has 5 aromatic carbocycles. The molecule has 0 aromatic heterocycles. The number of fused-ring (bicyclic) bond motifs is 3. The maximum atomic E-state index is 15.6. The summed E-state index contributed by atoms with van der Waals surface area (Å²) in [7, 11) is 0. The molecule has 3 aliphatic rings. The third-order valence-corrected chi connectivity index (χ3v) is 16.3. The fourth-order valence-electron chi connectivity index (χ4n) is 12.3. The van der Waals surface area contributed by atoms with Crippen LogP contribution in [-0.4, -0.2) is 75.9 Å². The van der Waals surface area contributed by atoms with Crippen molar-refractivity contribution in [2.45, 2.75) is 147 Å². The summed E-state index contributed by atoms with van der Waals surface area (Å²) in [6, 6.07) is 34.6. The first-order valence-electron chi connectivity index (χ1n) is 29.6. The summed E-state index contributed by atoms with van der Waals surface area (Å²) in [6.07, 6.45) is 22.8. The Morgan fingerprint density at radius 2 is 1.54 bits per heavy atom. The highest BCUT2D eigenvalue weighted by molar-refractivity contribution is 6.03. The lowest BCUT2D eigenvalue weighted by atomic mass is 9.55. The second-order valence-electron chi connectivity index (χ2n) is 21.8. The van der Waals surface area contributed by atoms with E-state index in [1.54, 1.807) is 30.4 Å². The summed E-state index contributed by atoms with van der Waals surface area (Å²) >= 11 is 0. The van der Waals surface area contributed by atoms with Gasteiger partial charge in [0, 0.05) is 62.4 Å². The van der Waals surface area contributed by atoms with E-state index < -0.39 is 28.8 Å². The number of nitro benzene ring substituents is 1. The van der Waals surface area contributed by atoms with Crippen LogP contribution in [0.2, 0.25) is 0 Å². The summed E-state index contributed by atoms with van der Waals surface area (Å²) < 4.78 is 20.9. The van der Waals surface area contributed by atoms with E-state index in [2.05, 4.69) is 24.9 Å². The van der Waals surface area contributed by atoms with Gasteiger partial charge in [0.2, 0.25) is 11.7 Å². The van der Waals surface area contributed by atoms with Crippen LogP contribution >= 0.6 is 0 Å². The number of carbonyl (C=O) groups excluding carboxylic acids is 2. The molecule has 0 spiro atoms. The van der Waals surface area contributed by atoms with Crippen LogP contribution in [0, 0.1) is 27.9 Å². The largest absolute Gasteiger partial charge is 0.459 e. The number of amides is 2. The Kier molecular flexibility index (Phi) is 22.7. The number of allylic oxidation sites excluding steroid dienone is 1. The monoisotopic (exact) mass is 1100 g/mol. The number of oxime groups is 1. The van der Waals surface area contributed by atoms with Crippen molar-refractivity contribution < 1.29 is 43.8 Å². The first-order chi connectivity index (χ1) is 39.7. The van der Waals surface area contributed by atoms with E-state index in [0.717, 1.165) is 78.0 Å². The topological polar surface area (TPSA) is 182 Å². The molecule has 81 heavy (non-hydrogen) atoms. The average molecular weight is 1100 g/mol. The van der Waals surface area contributed by atoms with Gasteiger partial charge in [-0.2, -0.15) is 0 Å². The highest BCUT2D eigenvalue weighted by Gasteiger charge is 2.65. The Labute approximate surface area is 478 Å². The Morgan fingerprint density at radius 3 is 2.27 bits per heavy atom. The Balaban J connectivity index is 1.23. The molecule has 430 valence electrons. The number of rotatable bonds is 32. The first-order valence-corrected chi connectivity index (χ1v) is 29.6. The molecule has 6 atom stereocenters. The van der Waals surface area contributed by atoms with Crippen LogP contribution in [-0.2, 0) is 27.5 Å². The van der Waals surface area contributed by atoms with Gasteiger partial charge in [0.25, 0.3) is 5.69 Å². The average Bonchev–Trinajstić information content (AvgIpc) is 1.55. The molecule has 0 unspecified atom stereocenters. The zero-order chi connectivity index (χ0) is 56.8. The smallest absolute Gasteiger partial charge is 0.412 e. The van der Waals surface area contributed by atoms with E-state index in [4.69, 9.17) is 24.2 Å². The van der Waals surface area contributed by atoms with Gasteiger partial charge in [-0.25, -0.2) is 4.79 Å². The molecule has 1 fully saturated rings. The number of ether oxygens (including phenoxy) is 3. The second-order valence-corrected chi connectivity index (χ2v) is 21.8. The molecule has 0 saturated heterocycles. The van der Waals surface area contributed by atoms with Crippen molar-refractivity contribution in [3.63, 3.8) is 0 Å². The normalized spacial score (nSPS) is 20.5. The zero-order valence-corrected chi connectivity index (χ0v) is 47.1. The van der Waals surface area contributed by atoms with Crippen molar-refractivity contribution in [2.24, 2.45) is 22.9 Å². The van der Waals surface area contributed by atoms with Gasteiger partial charge < -0.3 is 39.5 Å². The van der Waals surface area contributed by atoms with Gasteiger partial charge in [-0.3, -0.25) is 14.9 Å². The number of aliphatic hydroxyl groups is 2. The van der Waals surface area contributed by atoms with Crippen molar-refractivity contribution in [1.29, 1.82) is 0 Å². The van der Waals surface area contributed by atoms with Crippen LogP contribution in [0.1, 0.15) is 144 Å². The molecule has 1 saturated carbocycles. The number of aliphatic hydroxyl groups excluding tert-OH is 2. The Hall–Kier alpha value is -7.13. The summed E-state index contributed by atoms with van der Waals surface area (Å²) in [4.78, 5) is 48.5. The molecular formula is C67H82N4O10. The van der Waals surface area contributed by atoms with Gasteiger partial charge in [-0.05, 0) is 113 Å². The minimum absolute atomic E-state index is 0.0302. The van der Waals surface area contributed by atoms with E-state index in [0.29, 0.717) is 42.2 Å². The molecule has 1 aliphatic heterocycles. The van der Waals surface area contributed by atoms with Crippen LogP contribution < -0.4 is 14.8 Å². The first kappa shape index (κ1) is 60.0. The van der Waals surface area contributed by atoms with Crippen molar-refractivity contribution >= 4 is 40.2 Å². The molecule has 5 aromatic rings. The van der Waals surface area contributed by atoms with E-state index >= 15 is 4.79 Å². The maximum absolute atomic E-state index is 15.6. The number of hydrogen-bond acceptors (Lipinski definition) is 11. The number of hydrogen-bond donors (Lipinski definition) is 3. The summed E-state index contributed by atoms with van der Waals surface area (Å²) in [5, 5.41) is 41.9. The molecule has 0 radical (unpaired) electrons. The third kappa shape index (κ3) is 15.7. The van der Waals surface area contributed by atoms with Gasteiger partial charge in [-0.1, -0.05) is 168 Å². The SMILES string of the molecule is C=CCO[C@@]12Oc3ccc(OC(=O)NCCCCCCCCCCCC)cc3[C@H]3[C@H](CCCCO)[C@@H](CCCCO)C=C(C(=NOCc4ccccc4)C[C@@H]1N(Cc1cccc4ccccc14)C(=O)C=Cc1ccc([N+](=O)[O-])cc1)[C@H]32. The highest BCUT2D eigenvalue weighted by atomic mass is 16.7. The predicted octanol–water partition coefficient (Wildman–Crippen LogP) is 14.3. The predicted molar refractivity (Wildman–Crippen MR) is 319 cm³/mol. The van der Waals surface area contributed by atoms with E-state index in [1.165, 1.54) is 63.2 Å². The molecule has 0 bridgehead atoms. The molecule has 14 nitrogen and oxygen atoms in total. The van der Waals surface area contributed by atoms with Crippen molar-refractivity contribution in [3.8, 4) is 11.5 Å². The van der Waals surface area contributed by atoms with Crippen LogP contribution in [0.25, 0.3) is 16.8 Å². The number of carbonyl (C=O) groups is 2. The lowest BCUT2D eigenvalue weighted by molar-refractivity contribution is -0.384. The molecular weight excluding hydrogens is 1020 g/mol. The molecule has 1 heterocycles. The second kappa shape index (κ2) is 30.6. The van der Waals surface area contributed by atoms with E-state index in [1.807, 2.05) is 89.8 Å². The van der Waals surface area contributed by atoms with Gasteiger partial charge in [0.15, 0.2) is 0 Å². The maximum Gasteiger partial charge on any atom is 0.412 e. The van der Waals surface area contributed by atoms with Crippen molar-refractivity contribution in [3.05, 3.63) is 178 Å². The fraction of sp³-hybridized carbons (Fsp3) is 0.448. The van der Waals surface area contributed by atoms with Gasteiger partial charge >= 0.3 is 6.09 Å². The summed E-state index contributed by atoms with van der Waals surface area (Å²) in [6.45, 7) is 7.32. The molecule has 2 amide bonds. The molecule has 3 N–H and O–H groups in total. The van der Waals surface area contributed by atoms with Crippen molar-refractivity contribution in [1.82, 2.24) is 10.2 Å². The van der Waals surface area contributed by atoms with Gasteiger partial charge in [0.05, 0.1) is 23.2 Å². The Morgan fingerprint density at radius 1 is 0.840 bits per heavy atom. The quantitative estimate of drug-likeness (QED) is 0.0123. The number of unbranched alkanes of at least 4 members (excludes halogenated alkanes) is 11. The lowest BCUT2D eigenvalue weighted by Crippen LogP contribution is -2.70. The minimum Gasteiger partial charge on any atom is -0.459 e. The summed E-state index contributed by atoms with van der Waals surface area (Å²) in [5.74, 6) is -2.18. The van der Waals surface area contributed by atoms with Crippen LogP contribution in [0.3, 0.4) is 0 Å². The van der Waals surface area contributed by atoms with Gasteiger partial charge in [0.1, 0.15) is 24.1 Å². The molecule has 14 heteroatoms. The van der Waals surface area contributed by atoms with E-state index in [9.17, 15) is 25.1 Å². The highest BCUT2D eigenvalue weighted by Crippen LogP contribution is 2.62. The van der Waals surface area contributed by atoms with Gasteiger partial charge in [-0.15, -0.1) is 6.58 Å². The van der Waals surface area contributed by atoms with E-state index in [-0.39, 0.29) is 68.7 Å². The Bertz CT molecular complexity index is 2940. The van der Waals surface area contributed by atoms with Crippen molar-refractivity contribution in [2.75, 3.05) is 26.4 Å².